The number of aliphatic hydroxyl groups is 1. The van der Waals surface area contributed by atoms with Crippen LogP contribution in [0, 0.1) is 0 Å². The van der Waals surface area contributed by atoms with E-state index in [-0.39, 0.29) is 6.61 Å². The van der Waals surface area contributed by atoms with Crippen LogP contribution in [0.1, 0.15) is 22.3 Å². The Bertz CT molecular complexity index is 1290. The van der Waals surface area contributed by atoms with Gasteiger partial charge in [0.15, 0.2) is 0 Å². The summed E-state index contributed by atoms with van der Waals surface area (Å²) in [6.07, 6.45) is 1.46. The van der Waals surface area contributed by atoms with Crippen LogP contribution in [0.25, 0.3) is 6.08 Å². The molecule has 3 atom stereocenters. The summed E-state index contributed by atoms with van der Waals surface area (Å²) in [5.74, 6) is 1.33. The van der Waals surface area contributed by atoms with Gasteiger partial charge in [-0.1, -0.05) is 103 Å². The Kier molecular flexibility index (Phi) is 12.0. The Morgan fingerprint density at radius 1 is 0.610 bits per heavy atom. The SMILES string of the molecule is COc1cccc(OC)c1/C=C/[C@@H](OCc1ccccc1)[C@H](OCc1ccccc1)[C@H](O)COCc1ccccc1. The van der Waals surface area contributed by atoms with Crippen molar-refractivity contribution in [3.05, 3.63) is 138 Å². The number of hydrogen-bond donors (Lipinski definition) is 1. The van der Waals surface area contributed by atoms with Crippen LogP contribution in [0.4, 0.5) is 0 Å². The normalized spacial score (nSPS) is 13.5. The van der Waals surface area contributed by atoms with E-state index in [1.165, 1.54) is 0 Å². The second-order valence-electron chi connectivity index (χ2n) is 9.53. The van der Waals surface area contributed by atoms with Gasteiger partial charge in [-0.15, -0.1) is 0 Å². The second kappa shape index (κ2) is 16.4. The molecule has 0 saturated carbocycles. The smallest absolute Gasteiger partial charge is 0.129 e. The van der Waals surface area contributed by atoms with Gasteiger partial charge >= 0.3 is 0 Å². The molecule has 4 aromatic rings. The quantitative estimate of drug-likeness (QED) is 0.171. The predicted molar refractivity (Wildman–Crippen MR) is 161 cm³/mol. The van der Waals surface area contributed by atoms with Crippen molar-refractivity contribution < 1.29 is 28.8 Å². The predicted octanol–water partition coefficient (Wildman–Crippen LogP) is 6.47. The maximum Gasteiger partial charge on any atom is 0.129 e. The zero-order valence-electron chi connectivity index (χ0n) is 23.6. The molecular formula is C35H38O6. The zero-order valence-corrected chi connectivity index (χ0v) is 23.6. The minimum Gasteiger partial charge on any atom is -0.496 e. The molecule has 1 N–H and O–H groups in total. The molecule has 41 heavy (non-hydrogen) atoms. The molecule has 0 heterocycles. The lowest BCUT2D eigenvalue weighted by Gasteiger charge is -2.30. The second-order valence-corrected chi connectivity index (χ2v) is 9.53. The Morgan fingerprint density at radius 2 is 1.10 bits per heavy atom. The summed E-state index contributed by atoms with van der Waals surface area (Å²) in [5, 5.41) is 11.4. The fraction of sp³-hybridized carbons (Fsp3) is 0.257. The number of ether oxygens (including phenoxy) is 5. The minimum atomic E-state index is -0.965. The zero-order chi connectivity index (χ0) is 28.7. The van der Waals surface area contributed by atoms with E-state index in [4.69, 9.17) is 23.7 Å². The molecule has 4 rings (SSSR count). The van der Waals surface area contributed by atoms with E-state index in [1.54, 1.807) is 14.2 Å². The molecule has 6 nitrogen and oxygen atoms in total. The van der Waals surface area contributed by atoms with Gasteiger partial charge in [0, 0.05) is 0 Å². The van der Waals surface area contributed by atoms with Crippen LogP contribution in [0.2, 0.25) is 0 Å². The highest BCUT2D eigenvalue weighted by Gasteiger charge is 2.29. The van der Waals surface area contributed by atoms with Gasteiger partial charge < -0.3 is 28.8 Å². The number of hydrogen-bond acceptors (Lipinski definition) is 6. The fourth-order valence-electron chi connectivity index (χ4n) is 4.42. The summed E-state index contributed by atoms with van der Waals surface area (Å²) < 4.78 is 29.9. The van der Waals surface area contributed by atoms with Gasteiger partial charge in [0.1, 0.15) is 29.8 Å². The number of rotatable bonds is 16. The van der Waals surface area contributed by atoms with Crippen molar-refractivity contribution in [2.45, 2.75) is 38.1 Å². The molecule has 0 spiro atoms. The van der Waals surface area contributed by atoms with E-state index in [0.29, 0.717) is 31.3 Å². The molecular weight excluding hydrogens is 516 g/mol. The van der Waals surface area contributed by atoms with Crippen molar-refractivity contribution in [2.75, 3.05) is 20.8 Å². The molecule has 0 saturated heterocycles. The van der Waals surface area contributed by atoms with Crippen LogP contribution in [0.5, 0.6) is 11.5 Å². The number of methoxy groups -OCH3 is 2. The van der Waals surface area contributed by atoms with E-state index in [1.807, 2.05) is 121 Å². The van der Waals surface area contributed by atoms with Crippen molar-refractivity contribution in [2.24, 2.45) is 0 Å². The van der Waals surface area contributed by atoms with Gasteiger partial charge in [-0.05, 0) is 34.9 Å². The molecule has 0 fully saturated rings. The van der Waals surface area contributed by atoms with Gasteiger partial charge in [0.2, 0.25) is 0 Å². The summed E-state index contributed by atoms with van der Waals surface area (Å²) in [6, 6.07) is 35.3. The minimum absolute atomic E-state index is 0.0748. The van der Waals surface area contributed by atoms with Crippen LogP contribution in [-0.4, -0.2) is 44.2 Å². The van der Waals surface area contributed by atoms with Crippen molar-refractivity contribution in [3.8, 4) is 11.5 Å². The van der Waals surface area contributed by atoms with Crippen LogP contribution < -0.4 is 9.47 Å². The molecule has 0 aromatic heterocycles. The Balaban J connectivity index is 1.60. The van der Waals surface area contributed by atoms with Crippen molar-refractivity contribution in [1.29, 1.82) is 0 Å². The molecule has 214 valence electrons. The van der Waals surface area contributed by atoms with E-state index >= 15 is 0 Å². The lowest BCUT2D eigenvalue weighted by Crippen LogP contribution is -2.42. The van der Waals surface area contributed by atoms with Crippen LogP contribution in [0.15, 0.2) is 115 Å². The maximum atomic E-state index is 11.4. The van der Waals surface area contributed by atoms with Crippen LogP contribution >= 0.6 is 0 Å². The number of benzene rings is 4. The summed E-state index contributed by atoms with van der Waals surface area (Å²) in [7, 11) is 3.24. The summed E-state index contributed by atoms with van der Waals surface area (Å²) in [4.78, 5) is 0. The Labute approximate surface area is 242 Å². The van der Waals surface area contributed by atoms with E-state index in [0.717, 1.165) is 22.3 Å². The average molecular weight is 555 g/mol. The third kappa shape index (κ3) is 9.30. The molecule has 0 aliphatic rings. The molecule has 0 aliphatic carbocycles. The largest absolute Gasteiger partial charge is 0.496 e. The first kappa shape index (κ1) is 30.0. The molecule has 0 radical (unpaired) electrons. The summed E-state index contributed by atoms with van der Waals surface area (Å²) >= 11 is 0. The van der Waals surface area contributed by atoms with Crippen molar-refractivity contribution in [3.63, 3.8) is 0 Å². The standard InChI is InChI=1S/C35H38O6/c1-37-32-19-12-20-33(38-2)30(32)21-22-34(40-24-28-15-8-4-9-16-28)35(41-25-29-17-10-5-11-18-29)31(36)26-39-23-27-13-6-3-7-14-27/h3-22,31,34-36H,23-26H2,1-2H3/b22-21+/t31-,34-,35-/m1/s1. The monoisotopic (exact) mass is 554 g/mol. The third-order valence-corrected chi connectivity index (χ3v) is 6.59. The lowest BCUT2D eigenvalue weighted by molar-refractivity contribution is -0.133. The Morgan fingerprint density at radius 3 is 1.61 bits per heavy atom. The molecule has 0 bridgehead atoms. The first-order valence-electron chi connectivity index (χ1n) is 13.7. The van der Waals surface area contributed by atoms with E-state index < -0.39 is 18.3 Å². The molecule has 0 amide bonds. The van der Waals surface area contributed by atoms with Gasteiger partial charge in [0.25, 0.3) is 0 Å². The topological polar surface area (TPSA) is 66.4 Å². The molecule has 6 heteroatoms. The summed E-state index contributed by atoms with van der Waals surface area (Å²) in [6.45, 7) is 1.10. The molecule has 4 aromatic carbocycles. The molecule has 0 unspecified atom stereocenters. The van der Waals surface area contributed by atoms with Crippen molar-refractivity contribution >= 4 is 6.08 Å². The van der Waals surface area contributed by atoms with E-state index in [2.05, 4.69) is 0 Å². The van der Waals surface area contributed by atoms with Crippen LogP contribution in [-0.2, 0) is 34.0 Å². The first-order chi connectivity index (χ1) is 20.2. The lowest BCUT2D eigenvalue weighted by atomic mass is 10.0. The van der Waals surface area contributed by atoms with Gasteiger partial charge in [-0.3, -0.25) is 0 Å². The van der Waals surface area contributed by atoms with Gasteiger partial charge in [-0.2, -0.15) is 0 Å². The maximum absolute atomic E-state index is 11.4. The average Bonchev–Trinajstić information content (AvgIpc) is 3.03. The van der Waals surface area contributed by atoms with Crippen molar-refractivity contribution in [1.82, 2.24) is 0 Å². The highest BCUT2D eigenvalue weighted by Crippen LogP contribution is 2.30. The number of aliphatic hydroxyl groups excluding tert-OH is 1. The van der Waals surface area contributed by atoms with Gasteiger partial charge in [0.05, 0.1) is 46.2 Å². The Hall–Kier alpha value is -3.94. The van der Waals surface area contributed by atoms with Gasteiger partial charge in [-0.25, -0.2) is 0 Å². The third-order valence-electron chi connectivity index (χ3n) is 6.59. The van der Waals surface area contributed by atoms with E-state index in [9.17, 15) is 5.11 Å². The summed E-state index contributed by atoms with van der Waals surface area (Å²) in [5.41, 5.74) is 3.80. The fourth-order valence-corrected chi connectivity index (χ4v) is 4.42. The highest BCUT2D eigenvalue weighted by molar-refractivity contribution is 5.64. The first-order valence-corrected chi connectivity index (χ1v) is 13.7. The highest BCUT2D eigenvalue weighted by atomic mass is 16.6. The van der Waals surface area contributed by atoms with Crippen LogP contribution in [0.3, 0.4) is 0 Å². The molecule has 0 aliphatic heterocycles.